The van der Waals surface area contributed by atoms with Gasteiger partial charge in [0, 0.05) is 74.1 Å². The Morgan fingerprint density at radius 1 is 0.610 bits per heavy atom. The summed E-state index contributed by atoms with van der Waals surface area (Å²) in [5, 5.41) is 8.30. The molecule has 2 aliphatic heterocycles. The molecule has 2 aliphatic rings. The molecule has 8 rings (SSSR count). The summed E-state index contributed by atoms with van der Waals surface area (Å²) in [6.45, 7) is 7.07. The first kappa shape index (κ1) is 40.6. The van der Waals surface area contributed by atoms with Crippen molar-refractivity contribution in [2.45, 2.75) is 57.8 Å². The highest BCUT2D eigenvalue weighted by molar-refractivity contribution is 5.85. The van der Waals surface area contributed by atoms with Gasteiger partial charge in [-0.2, -0.15) is 9.98 Å². The summed E-state index contributed by atoms with van der Waals surface area (Å²) in [7, 11) is 0. The summed E-state index contributed by atoms with van der Waals surface area (Å²) in [6, 6.07) is 32.6. The molecule has 4 heterocycles. The average Bonchev–Trinajstić information content (AvgIpc) is 3.94. The zero-order chi connectivity index (χ0) is 41.3. The van der Waals surface area contributed by atoms with E-state index in [0.717, 1.165) is 59.6 Å². The van der Waals surface area contributed by atoms with Gasteiger partial charge in [0.2, 0.25) is 0 Å². The van der Waals surface area contributed by atoms with Gasteiger partial charge < -0.3 is 30.3 Å². The number of aliphatic imine (C=N–C) groups is 2. The van der Waals surface area contributed by atoms with Crippen molar-refractivity contribution in [3.63, 3.8) is 0 Å². The number of piperidine rings is 2. The fourth-order valence-electron chi connectivity index (χ4n) is 7.18. The van der Waals surface area contributed by atoms with Crippen LogP contribution in [0.1, 0.15) is 80.3 Å². The first-order valence-electron chi connectivity index (χ1n) is 20.0. The summed E-state index contributed by atoms with van der Waals surface area (Å²) in [4.78, 5) is 24.0. The average molecular weight is 799 g/mol. The lowest BCUT2D eigenvalue weighted by Gasteiger charge is -2.27. The van der Waals surface area contributed by atoms with Gasteiger partial charge in [-0.15, -0.1) is 0 Å². The van der Waals surface area contributed by atoms with Gasteiger partial charge in [0.25, 0.3) is 11.8 Å². The minimum absolute atomic E-state index is 0.0218. The summed E-state index contributed by atoms with van der Waals surface area (Å²) in [5.41, 5.74) is 18.6. The number of nitrogens with two attached hydrogens (primary N) is 2. The Kier molecular flexibility index (Phi) is 12.9. The second-order valence-electron chi connectivity index (χ2n) is 14.8. The largest absolute Gasteiger partial charge is 0.369 e. The van der Waals surface area contributed by atoms with Crippen LogP contribution in [0.2, 0.25) is 0 Å². The number of rotatable bonds is 8. The molecule has 4 N–H and O–H groups in total. The number of benzene rings is 4. The summed E-state index contributed by atoms with van der Waals surface area (Å²) in [6.07, 6.45) is 4.48. The fraction of sp³-hybridized carbons (Fsp3) is 0.283. The van der Waals surface area contributed by atoms with Crippen LogP contribution in [0.25, 0.3) is 22.3 Å². The molecule has 11 nitrogen and oxygen atoms in total. The molecule has 13 heteroatoms. The van der Waals surface area contributed by atoms with Crippen molar-refractivity contribution in [2.75, 3.05) is 26.2 Å². The van der Waals surface area contributed by atoms with Crippen LogP contribution in [0.4, 0.5) is 20.5 Å². The summed E-state index contributed by atoms with van der Waals surface area (Å²) < 4.78 is 38.7. The topological polar surface area (TPSA) is 152 Å². The predicted octanol–water partition coefficient (Wildman–Crippen LogP) is 9.31. The highest BCUT2D eigenvalue weighted by atomic mass is 19.1. The van der Waals surface area contributed by atoms with E-state index in [0.29, 0.717) is 60.7 Å². The van der Waals surface area contributed by atoms with Crippen LogP contribution in [-0.2, 0) is 4.79 Å². The SMILES string of the molecule is CC(c1ccc(-c2ccccc2F)cc1)c1cc(N=C(N)N2CCC(=O)CC2)on1.CC(c1ccc(-c2ccccc2F)cc1)c1cc(N=C(N)N2CCCCC2)on1. The molecule has 2 aromatic heterocycles. The number of carbonyl (C=O) groups excluding carboxylic acids is 1. The van der Waals surface area contributed by atoms with Crippen molar-refractivity contribution in [1.82, 2.24) is 20.1 Å². The zero-order valence-corrected chi connectivity index (χ0v) is 33.2. The van der Waals surface area contributed by atoms with Crippen LogP contribution in [0.3, 0.4) is 0 Å². The lowest BCUT2D eigenvalue weighted by atomic mass is 9.95. The highest BCUT2D eigenvalue weighted by Crippen LogP contribution is 2.31. The maximum atomic E-state index is 14.0. The zero-order valence-electron chi connectivity index (χ0n) is 33.2. The number of carbonyl (C=O) groups is 1. The van der Waals surface area contributed by atoms with Gasteiger partial charge in [0.15, 0.2) is 11.9 Å². The minimum Gasteiger partial charge on any atom is -0.369 e. The first-order chi connectivity index (χ1) is 28.6. The third-order valence-corrected chi connectivity index (χ3v) is 10.9. The number of guanidine groups is 2. The smallest absolute Gasteiger partial charge is 0.253 e. The van der Waals surface area contributed by atoms with Gasteiger partial charge in [0.1, 0.15) is 17.4 Å². The van der Waals surface area contributed by atoms with E-state index >= 15 is 0 Å². The van der Waals surface area contributed by atoms with E-state index in [1.165, 1.54) is 18.6 Å². The van der Waals surface area contributed by atoms with E-state index in [2.05, 4.69) is 32.1 Å². The molecule has 0 saturated carbocycles. The monoisotopic (exact) mass is 798 g/mol. The lowest BCUT2D eigenvalue weighted by molar-refractivity contribution is -0.120. The normalized spacial score (nSPS) is 16.0. The lowest BCUT2D eigenvalue weighted by Crippen LogP contribution is -2.42. The number of halogens is 2. The Labute approximate surface area is 342 Å². The van der Waals surface area contributed by atoms with Crippen molar-refractivity contribution in [3.8, 4) is 22.3 Å². The van der Waals surface area contributed by atoms with Crippen molar-refractivity contribution in [1.29, 1.82) is 0 Å². The Hall–Kier alpha value is -6.63. The number of nitrogens with zero attached hydrogens (tertiary/aromatic N) is 6. The standard InChI is InChI=1S/C23H23FN4O2.C23H25FN4O/c1-15(16-6-8-17(9-7-16)19-4-2-3-5-20(19)24)21-14-22(30-27-21)26-23(25)28-12-10-18(29)11-13-28;1-16(17-9-11-18(12-10-17)19-7-3-4-8-20(19)24)21-15-22(29-27-21)26-23(25)28-13-5-2-6-14-28/h2-9,14-15H,10-13H2,1H3,(H2,25,26);3-4,7-12,15-16H,2,5-6,13-14H2,1H3,(H2,25,26). The molecule has 2 saturated heterocycles. The van der Waals surface area contributed by atoms with Crippen molar-refractivity contribution >= 4 is 29.5 Å². The molecule has 0 radical (unpaired) electrons. The molecule has 6 aromatic rings. The Morgan fingerprint density at radius 3 is 1.44 bits per heavy atom. The van der Waals surface area contributed by atoms with Crippen molar-refractivity contribution in [2.24, 2.45) is 21.5 Å². The van der Waals surface area contributed by atoms with Gasteiger partial charge in [-0.25, -0.2) is 8.78 Å². The molecule has 59 heavy (non-hydrogen) atoms. The molecule has 0 bridgehead atoms. The van der Waals surface area contributed by atoms with E-state index in [-0.39, 0.29) is 29.3 Å². The fourth-order valence-corrected chi connectivity index (χ4v) is 7.18. The maximum absolute atomic E-state index is 14.0. The second-order valence-corrected chi connectivity index (χ2v) is 14.8. The van der Waals surface area contributed by atoms with Gasteiger partial charge in [-0.3, -0.25) is 4.79 Å². The molecular weight excluding hydrogens is 751 g/mol. The molecule has 2 atom stereocenters. The van der Waals surface area contributed by atoms with Gasteiger partial charge >= 0.3 is 0 Å². The van der Waals surface area contributed by atoms with Crippen LogP contribution in [0.5, 0.6) is 0 Å². The molecule has 0 aliphatic carbocycles. The maximum Gasteiger partial charge on any atom is 0.253 e. The summed E-state index contributed by atoms with van der Waals surface area (Å²) in [5.74, 6) is 1.32. The number of ketones is 1. The van der Waals surface area contributed by atoms with Crippen molar-refractivity contribution < 1.29 is 22.6 Å². The Morgan fingerprint density at radius 2 is 1.02 bits per heavy atom. The van der Waals surface area contributed by atoms with E-state index in [1.807, 2.05) is 78.6 Å². The second kappa shape index (κ2) is 18.8. The van der Waals surface area contributed by atoms with E-state index in [1.54, 1.807) is 30.3 Å². The molecule has 4 aromatic carbocycles. The number of likely N-dealkylation sites (tertiary alicyclic amines) is 2. The molecular formula is C46H48F2N8O3. The van der Waals surface area contributed by atoms with Crippen LogP contribution in [-0.4, -0.2) is 64.0 Å². The van der Waals surface area contributed by atoms with E-state index in [4.69, 9.17) is 20.5 Å². The van der Waals surface area contributed by atoms with Crippen LogP contribution < -0.4 is 11.5 Å². The van der Waals surface area contributed by atoms with Gasteiger partial charge in [-0.05, 0) is 53.6 Å². The highest BCUT2D eigenvalue weighted by Gasteiger charge is 2.20. The molecule has 304 valence electrons. The molecule has 0 spiro atoms. The molecule has 0 amide bonds. The number of hydrogen-bond acceptors (Lipinski definition) is 7. The van der Waals surface area contributed by atoms with Crippen molar-refractivity contribution in [3.05, 3.63) is 143 Å². The van der Waals surface area contributed by atoms with Gasteiger partial charge in [0.05, 0.1) is 11.4 Å². The predicted molar refractivity (Wildman–Crippen MR) is 226 cm³/mol. The Balaban J connectivity index is 0.000000179. The van der Waals surface area contributed by atoms with Crippen LogP contribution >= 0.6 is 0 Å². The summed E-state index contributed by atoms with van der Waals surface area (Å²) >= 11 is 0. The molecule has 2 fully saturated rings. The number of aromatic nitrogens is 2. The van der Waals surface area contributed by atoms with Gasteiger partial charge in [-0.1, -0.05) is 109 Å². The quantitative estimate of drug-likeness (QED) is 0.113. The van der Waals surface area contributed by atoms with Crippen LogP contribution in [0.15, 0.2) is 128 Å². The third kappa shape index (κ3) is 10.1. The first-order valence-corrected chi connectivity index (χ1v) is 20.0. The number of hydrogen-bond donors (Lipinski definition) is 2. The Bertz CT molecular complexity index is 2390. The van der Waals surface area contributed by atoms with E-state index in [9.17, 15) is 13.6 Å². The van der Waals surface area contributed by atoms with E-state index < -0.39 is 0 Å². The third-order valence-electron chi connectivity index (χ3n) is 10.9. The van der Waals surface area contributed by atoms with Crippen LogP contribution in [0, 0.1) is 11.6 Å². The molecule has 2 unspecified atom stereocenters. The minimum atomic E-state index is -0.243. The number of Topliss-reactive ketones (excluding diaryl/α,β-unsaturated/α-hetero) is 1.